The molecule has 3 fully saturated rings. The van der Waals surface area contributed by atoms with Gasteiger partial charge in [0.15, 0.2) is 0 Å². The molecule has 0 radical (unpaired) electrons. The molecule has 186 valence electrons. The SMILES string of the molecule is CCCn1c(CCC(=O)N2CCCC2C2CCCC2)nc2cc(S(=O)(=O)N3CCCC3)ccc21. The standard InChI is InChI=1S/C26H38N4O3S/c1-2-15-29-24-12-11-21(34(32,33)28-16-5-6-17-28)19-22(24)27-25(29)13-14-26(31)30-18-7-10-23(30)20-8-3-4-9-20/h11-12,19-20,23H,2-10,13-18H2,1H3. The van der Waals surface area contributed by atoms with E-state index in [1.807, 2.05) is 6.07 Å². The molecule has 1 atom stereocenters. The monoisotopic (exact) mass is 486 g/mol. The first kappa shape index (κ1) is 23.8. The van der Waals surface area contributed by atoms with Crippen molar-refractivity contribution >= 4 is 27.0 Å². The number of imidazole rings is 1. The van der Waals surface area contributed by atoms with Crippen molar-refractivity contribution in [2.75, 3.05) is 19.6 Å². The molecule has 34 heavy (non-hydrogen) atoms. The van der Waals surface area contributed by atoms with E-state index in [0.717, 1.165) is 56.5 Å². The molecule has 1 unspecified atom stereocenters. The van der Waals surface area contributed by atoms with E-state index in [2.05, 4.69) is 16.4 Å². The van der Waals surface area contributed by atoms with Gasteiger partial charge in [0, 0.05) is 45.1 Å². The minimum Gasteiger partial charge on any atom is -0.339 e. The van der Waals surface area contributed by atoms with Gasteiger partial charge in [0.2, 0.25) is 15.9 Å². The third kappa shape index (κ3) is 4.51. The Labute approximate surface area is 203 Å². The van der Waals surface area contributed by atoms with Crippen LogP contribution in [0.4, 0.5) is 0 Å². The van der Waals surface area contributed by atoms with Crippen LogP contribution in [0.15, 0.2) is 23.1 Å². The zero-order chi connectivity index (χ0) is 23.7. The normalized spacial score (nSPS) is 22.4. The van der Waals surface area contributed by atoms with Crippen LogP contribution in [-0.4, -0.2) is 58.8 Å². The van der Waals surface area contributed by atoms with Crippen molar-refractivity contribution in [2.45, 2.75) is 95.0 Å². The average molecular weight is 487 g/mol. The molecule has 1 amide bonds. The third-order valence-corrected chi connectivity index (χ3v) is 9.97. The van der Waals surface area contributed by atoms with Gasteiger partial charge in [-0.3, -0.25) is 4.79 Å². The summed E-state index contributed by atoms with van der Waals surface area (Å²) in [6.07, 6.45) is 11.3. The molecule has 8 heteroatoms. The minimum atomic E-state index is -3.47. The van der Waals surface area contributed by atoms with Crippen molar-refractivity contribution in [3.63, 3.8) is 0 Å². The summed E-state index contributed by atoms with van der Waals surface area (Å²) in [5, 5.41) is 0. The molecular formula is C26H38N4O3S. The molecule has 1 aromatic heterocycles. The number of aryl methyl sites for hydroxylation is 2. The second kappa shape index (κ2) is 9.97. The van der Waals surface area contributed by atoms with E-state index in [1.165, 1.54) is 25.7 Å². The summed E-state index contributed by atoms with van der Waals surface area (Å²) in [6.45, 7) is 5.02. The minimum absolute atomic E-state index is 0.252. The summed E-state index contributed by atoms with van der Waals surface area (Å²) in [4.78, 5) is 20.5. The third-order valence-electron chi connectivity index (χ3n) is 8.07. The maximum absolute atomic E-state index is 13.2. The number of hydrogen-bond donors (Lipinski definition) is 0. The molecule has 0 N–H and O–H groups in total. The molecule has 0 bridgehead atoms. The maximum Gasteiger partial charge on any atom is 0.243 e. The molecule has 2 saturated heterocycles. The largest absolute Gasteiger partial charge is 0.339 e. The van der Waals surface area contributed by atoms with Crippen LogP contribution >= 0.6 is 0 Å². The summed E-state index contributed by atoms with van der Waals surface area (Å²) < 4.78 is 29.8. The molecule has 3 heterocycles. The number of fused-ring (bicyclic) bond motifs is 1. The molecule has 1 aromatic carbocycles. The van der Waals surface area contributed by atoms with E-state index in [0.29, 0.717) is 48.3 Å². The van der Waals surface area contributed by atoms with Crippen molar-refractivity contribution < 1.29 is 13.2 Å². The van der Waals surface area contributed by atoms with E-state index in [9.17, 15) is 13.2 Å². The van der Waals surface area contributed by atoms with Gasteiger partial charge >= 0.3 is 0 Å². The Kier molecular flexibility index (Phi) is 6.98. The molecule has 7 nitrogen and oxygen atoms in total. The lowest BCUT2D eigenvalue weighted by molar-refractivity contribution is -0.132. The van der Waals surface area contributed by atoms with Crippen molar-refractivity contribution in [2.24, 2.45) is 5.92 Å². The van der Waals surface area contributed by atoms with Gasteiger partial charge in [0.1, 0.15) is 5.82 Å². The zero-order valence-electron chi connectivity index (χ0n) is 20.4. The Morgan fingerprint density at radius 3 is 2.53 bits per heavy atom. The maximum atomic E-state index is 13.2. The fourth-order valence-corrected chi connectivity index (χ4v) is 7.90. The lowest BCUT2D eigenvalue weighted by atomic mass is 9.96. The molecule has 5 rings (SSSR count). The molecule has 1 aliphatic carbocycles. The van der Waals surface area contributed by atoms with Crippen molar-refractivity contribution in [3.8, 4) is 0 Å². The van der Waals surface area contributed by atoms with Crippen molar-refractivity contribution in [1.29, 1.82) is 0 Å². The predicted octanol–water partition coefficient (Wildman–Crippen LogP) is 4.34. The van der Waals surface area contributed by atoms with Gasteiger partial charge in [-0.1, -0.05) is 19.8 Å². The highest BCUT2D eigenvalue weighted by Crippen LogP contribution is 2.36. The Bertz CT molecular complexity index is 1130. The van der Waals surface area contributed by atoms with Gasteiger partial charge in [-0.2, -0.15) is 4.31 Å². The molecule has 2 aliphatic heterocycles. The molecule has 1 saturated carbocycles. The number of likely N-dealkylation sites (tertiary alicyclic amines) is 1. The van der Waals surface area contributed by atoms with Crippen molar-refractivity contribution in [1.82, 2.24) is 18.8 Å². The highest BCUT2D eigenvalue weighted by molar-refractivity contribution is 7.89. The van der Waals surface area contributed by atoms with Gasteiger partial charge < -0.3 is 9.47 Å². The van der Waals surface area contributed by atoms with Crippen LogP contribution in [-0.2, 0) is 27.8 Å². The fraction of sp³-hybridized carbons (Fsp3) is 0.692. The number of nitrogens with zero attached hydrogens (tertiary/aromatic N) is 4. The number of amides is 1. The Morgan fingerprint density at radius 1 is 1.03 bits per heavy atom. The molecule has 0 spiro atoms. The lowest BCUT2D eigenvalue weighted by Crippen LogP contribution is -2.39. The number of carbonyl (C=O) groups is 1. The zero-order valence-corrected chi connectivity index (χ0v) is 21.2. The molecule has 3 aliphatic rings. The van der Waals surface area contributed by atoms with E-state index in [4.69, 9.17) is 4.98 Å². The molecular weight excluding hydrogens is 448 g/mol. The first-order valence-electron chi connectivity index (χ1n) is 13.3. The van der Waals surface area contributed by atoms with E-state index in [-0.39, 0.29) is 5.91 Å². The van der Waals surface area contributed by atoms with Crippen LogP contribution in [0.2, 0.25) is 0 Å². The van der Waals surface area contributed by atoms with Gasteiger partial charge in [0.05, 0.1) is 15.9 Å². The van der Waals surface area contributed by atoms with E-state index >= 15 is 0 Å². The van der Waals surface area contributed by atoms with Gasteiger partial charge in [-0.15, -0.1) is 0 Å². The highest BCUT2D eigenvalue weighted by atomic mass is 32.2. The van der Waals surface area contributed by atoms with Gasteiger partial charge in [-0.25, -0.2) is 13.4 Å². The number of aromatic nitrogens is 2. The number of rotatable bonds is 8. The van der Waals surface area contributed by atoms with Gasteiger partial charge in [-0.05, 0) is 69.1 Å². The average Bonchev–Trinajstić information content (AvgIpc) is 3.63. The smallest absolute Gasteiger partial charge is 0.243 e. The summed E-state index contributed by atoms with van der Waals surface area (Å²) in [6, 6.07) is 5.76. The van der Waals surface area contributed by atoms with E-state index < -0.39 is 10.0 Å². The Morgan fingerprint density at radius 2 is 1.79 bits per heavy atom. The Balaban J connectivity index is 1.35. The Hall–Kier alpha value is -1.93. The number of carbonyl (C=O) groups excluding carboxylic acids is 1. The quantitative estimate of drug-likeness (QED) is 0.556. The van der Waals surface area contributed by atoms with E-state index in [1.54, 1.807) is 16.4 Å². The van der Waals surface area contributed by atoms with Crippen LogP contribution in [0, 0.1) is 5.92 Å². The van der Waals surface area contributed by atoms with Gasteiger partial charge in [0.25, 0.3) is 0 Å². The summed E-state index contributed by atoms with van der Waals surface area (Å²) in [7, 11) is -3.47. The van der Waals surface area contributed by atoms with Crippen LogP contribution < -0.4 is 0 Å². The van der Waals surface area contributed by atoms with Crippen LogP contribution in [0.3, 0.4) is 0 Å². The first-order chi connectivity index (χ1) is 16.5. The van der Waals surface area contributed by atoms with Crippen LogP contribution in [0.25, 0.3) is 11.0 Å². The predicted molar refractivity (Wildman–Crippen MR) is 133 cm³/mol. The second-order valence-electron chi connectivity index (χ2n) is 10.3. The van der Waals surface area contributed by atoms with Crippen molar-refractivity contribution in [3.05, 3.63) is 24.0 Å². The first-order valence-corrected chi connectivity index (χ1v) is 14.7. The number of hydrogen-bond acceptors (Lipinski definition) is 4. The second-order valence-corrected chi connectivity index (χ2v) is 12.2. The summed E-state index contributed by atoms with van der Waals surface area (Å²) in [5.74, 6) is 1.83. The highest BCUT2D eigenvalue weighted by Gasteiger charge is 2.35. The number of sulfonamides is 1. The number of benzene rings is 1. The topological polar surface area (TPSA) is 75.5 Å². The summed E-state index contributed by atoms with van der Waals surface area (Å²) in [5.41, 5.74) is 1.66. The summed E-state index contributed by atoms with van der Waals surface area (Å²) >= 11 is 0. The van der Waals surface area contributed by atoms with Crippen LogP contribution in [0.1, 0.15) is 77.0 Å². The van der Waals surface area contributed by atoms with Crippen LogP contribution in [0.5, 0.6) is 0 Å². The lowest BCUT2D eigenvalue weighted by Gasteiger charge is -2.29. The molecule has 2 aromatic rings. The fourth-order valence-electron chi connectivity index (χ4n) is 6.36.